The molecule has 0 unspecified atom stereocenters. The van der Waals surface area contributed by atoms with Gasteiger partial charge in [-0.3, -0.25) is 19.5 Å². The largest absolute Gasteiger partial charge is 0.454 e. The van der Waals surface area contributed by atoms with Crippen molar-refractivity contribution in [3.05, 3.63) is 53.9 Å². The van der Waals surface area contributed by atoms with Gasteiger partial charge in [0.2, 0.25) is 6.79 Å². The number of amides is 2. The van der Waals surface area contributed by atoms with Gasteiger partial charge in [-0.1, -0.05) is 12.1 Å². The first-order valence-corrected chi connectivity index (χ1v) is 9.87. The van der Waals surface area contributed by atoms with E-state index in [0.29, 0.717) is 31.3 Å². The van der Waals surface area contributed by atoms with Gasteiger partial charge < -0.3 is 24.8 Å². The predicted molar refractivity (Wildman–Crippen MR) is 107 cm³/mol. The van der Waals surface area contributed by atoms with E-state index >= 15 is 0 Å². The first kappa shape index (κ1) is 20.1. The predicted octanol–water partition coefficient (Wildman–Crippen LogP) is 0.616. The van der Waals surface area contributed by atoms with Crippen LogP contribution in [-0.4, -0.2) is 61.3 Å². The molecule has 9 heteroatoms. The van der Waals surface area contributed by atoms with E-state index in [2.05, 4.69) is 20.5 Å². The van der Waals surface area contributed by atoms with Crippen LogP contribution in [0.4, 0.5) is 0 Å². The molecule has 4 rings (SSSR count). The molecule has 1 aromatic carbocycles. The topological polar surface area (TPSA) is 102 Å². The number of hydrogen-bond donors (Lipinski definition) is 2. The Bertz CT molecular complexity index is 886. The fraction of sp³-hybridized carbons (Fsp3) is 0.381. The van der Waals surface area contributed by atoms with Crippen LogP contribution < -0.4 is 20.1 Å². The zero-order valence-electron chi connectivity index (χ0n) is 16.5. The van der Waals surface area contributed by atoms with E-state index in [9.17, 15) is 9.59 Å². The SMILES string of the molecule is O=C(NCc1cccnc1)C(=O)NC[C@@H](c1ccc2c(c1)OCO2)N1CCOCC1. The lowest BCUT2D eigenvalue weighted by Crippen LogP contribution is -2.46. The maximum Gasteiger partial charge on any atom is 0.309 e. The zero-order chi connectivity index (χ0) is 20.8. The minimum atomic E-state index is -0.676. The smallest absolute Gasteiger partial charge is 0.309 e. The Morgan fingerprint density at radius 2 is 1.87 bits per heavy atom. The number of nitrogens with zero attached hydrogens (tertiary/aromatic N) is 2. The summed E-state index contributed by atoms with van der Waals surface area (Å²) in [5.41, 5.74) is 1.81. The van der Waals surface area contributed by atoms with E-state index in [-0.39, 0.29) is 19.4 Å². The molecular formula is C21H24N4O5. The number of ether oxygens (including phenoxy) is 3. The average molecular weight is 412 g/mol. The summed E-state index contributed by atoms with van der Waals surface area (Å²) in [6.45, 7) is 3.47. The van der Waals surface area contributed by atoms with Gasteiger partial charge in [-0.25, -0.2) is 0 Å². The molecule has 0 aliphatic carbocycles. The first-order valence-electron chi connectivity index (χ1n) is 9.87. The number of morpholine rings is 1. The van der Waals surface area contributed by atoms with Crippen LogP contribution in [0.3, 0.4) is 0 Å². The highest BCUT2D eigenvalue weighted by Gasteiger charge is 2.26. The van der Waals surface area contributed by atoms with Crippen LogP contribution in [0.5, 0.6) is 11.5 Å². The third-order valence-electron chi connectivity index (χ3n) is 5.11. The lowest BCUT2D eigenvalue weighted by Gasteiger charge is -2.34. The van der Waals surface area contributed by atoms with Gasteiger partial charge in [-0.2, -0.15) is 0 Å². The molecule has 0 bridgehead atoms. The number of aromatic nitrogens is 1. The molecule has 2 N–H and O–H groups in total. The van der Waals surface area contributed by atoms with E-state index in [1.54, 1.807) is 18.5 Å². The van der Waals surface area contributed by atoms with Crippen molar-refractivity contribution in [2.75, 3.05) is 39.6 Å². The molecule has 1 aromatic heterocycles. The standard InChI is InChI=1S/C21H24N4O5/c26-20(23-12-15-2-1-5-22-11-15)21(27)24-13-17(25-6-8-28-9-7-25)16-3-4-18-19(10-16)30-14-29-18/h1-5,10-11,17H,6-9,12-14H2,(H,23,26)(H,24,27)/t17-/m0/s1. The third kappa shape index (κ3) is 4.87. The van der Waals surface area contributed by atoms with Crippen molar-refractivity contribution in [1.29, 1.82) is 0 Å². The zero-order valence-corrected chi connectivity index (χ0v) is 16.5. The first-order chi connectivity index (χ1) is 14.7. The molecule has 2 aromatic rings. The second-order valence-corrected chi connectivity index (χ2v) is 7.03. The summed E-state index contributed by atoms with van der Waals surface area (Å²) >= 11 is 0. The highest BCUT2D eigenvalue weighted by molar-refractivity contribution is 6.35. The number of fused-ring (bicyclic) bond motifs is 1. The summed E-state index contributed by atoms with van der Waals surface area (Å²) in [6.07, 6.45) is 3.30. The van der Waals surface area contributed by atoms with Gasteiger partial charge in [-0.15, -0.1) is 0 Å². The van der Waals surface area contributed by atoms with Gasteiger partial charge >= 0.3 is 11.8 Å². The lowest BCUT2D eigenvalue weighted by molar-refractivity contribution is -0.139. The van der Waals surface area contributed by atoms with Crippen molar-refractivity contribution in [1.82, 2.24) is 20.5 Å². The van der Waals surface area contributed by atoms with Crippen LogP contribution in [0, 0.1) is 0 Å². The maximum absolute atomic E-state index is 12.3. The van der Waals surface area contributed by atoms with Crippen molar-refractivity contribution in [3.63, 3.8) is 0 Å². The molecule has 1 fully saturated rings. The Hall–Kier alpha value is -3.17. The number of hydrogen-bond acceptors (Lipinski definition) is 7. The van der Waals surface area contributed by atoms with Gasteiger partial charge in [0, 0.05) is 38.6 Å². The van der Waals surface area contributed by atoms with Crippen LogP contribution in [0.1, 0.15) is 17.2 Å². The Balaban J connectivity index is 1.39. The van der Waals surface area contributed by atoms with Crippen molar-refractivity contribution < 1.29 is 23.8 Å². The minimum Gasteiger partial charge on any atom is -0.454 e. The molecule has 0 spiro atoms. The molecule has 3 heterocycles. The normalized spacial score (nSPS) is 16.7. The van der Waals surface area contributed by atoms with E-state index in [1.165, 1.54) is 0 Å². The monoisotopic (exact) mass is 412 g/mol. The van der Waals surface area contributed by atoms with Crippen molar-refractivity contribution in [2.24, 2.45) is 0 Å². The molecule has 0 radical (unpaired) electrons. The van der Waals surface area contributed by atoms with Crippen LogP contribution in [0.25, 0.3) is 0 Å². The number of nitrogens with one attached hydrogen (secondary N) is 2. The van der Waals surface area contributed by atoms with Crippen LogP contribution >= 0.6 is 0 Å². The third-order valence-corrected chi connectivity index (χ3v) is 5.11. The molecule has 2 amide bonds. The second-order valence-electron chi connectivity index (χ2n) is 7.03. The number of pyridine rings is 1. The van der Waals surface area contributed by atoms with Crippen LogP contribution in [0.15, 0.2) is 42.7 Å². The molecule has 158 valence electrons. The van der Waals surface area contributed by atoms with E-state index in [4.69, 9.17) is 14.2 Å². The summed E-state index contributed by atoms with van der Waals surface area (Å²) < 4.78 is 16.3. The molecule has 1 atom stereocenters. The van der Waals surface area contributed by atoms with Crippen molar-refractivity contribution in [2.45, 2.75) is 12.6 Å². The second kappa shape index (κ2) is 9.55. The van der Waals surface area contributed by atoms with E-state index < -0.39 is 11.8 Å². The van der Waals surface area contributed by atoms with Gasteiger partial charge in [0.05, 0.1) is 19.3 Å². The van der Waals surface area contributed by atoms with Gasteiger partial charge in [0.1, 0.15) is 0 Å². The van der Waals surface area contributed by atoms with Crippen LogP contribution in [0.2, 0.25) is 0 Å². The molecule has 1 saturated heterocycles. The Morgan fingerprint density at radius 3 is 2.67 bits per heavy atom. The van der Waals surface area contributed by atoms with Gasteiger partial charge in [0.25, 0.3) is 0 Å². The number of benzene rings is 1. The highest BCUT2D eigenvalue weighted by Crippen LogP contribution is 2.35. The summed E-state index contributed by atoms with van der Waals surface area (Å²) in [7, 11) is 0. The molecular weight excluding hydrogens is 388 g/mol. The number of rotatable bonds is 6. The van der Waals surface area contributed by atoms with Gasteiger partial charge in [-0.05, 0) is 29.3 Å². The highest BCUT2D eigenvalue weighted by atomic mass is 16.7. The molecule has 9 nitrogen and oxygen atoms in total. The lowest BCUT2D eigenvalue weighted by atomic mass is 10.0. The molecule has 0 saturated carbocycles. The summed E-state index contributed by atoms with van der Waals surface area (Å²) in [6, 6.07) is 9.25. The van der Waals surface area contributed by atoms with Crippen LogP contribution in [-0.2, 0) is 20.9 Å². The average Bonchev–Trinajstić information content (AvgIpc) is 3.27. The molecule has 30 heavy (non-hydrogen) atoms. The van der Waals surface area contributed by atoms with E-state index in [1.807, 2.05) is 24.3 Å². The quantitative estimate of drug-likeness (QED) is 0.671. The van der Waals surface area contributed by atoms with Crippen molar-refractivity contribution in [3.8, 4) is 11.5 Å². The number of carbonyl (C=O) groups excluding carboxylic acids is 2. The fourth-order valence-electron chi connectivity index (χ4n) is 3.50. The Morgan fingerprint density at radius 1 is 1.07 bits per heavy atom. The Kier molecular flexibility index (Phi) is 6.41. The maximum atomic E-state index is 12.3. The number of carbonyl (C=O) groups is 2. The molecule has 2 aliphatic heterocycles. The van der Waals surface area contributed by atoms with Gasteiger partial charge in [0.15, 0.2) is 11.5 Å². The summed E-state index contributed by atoms with van der Waals surface area (Å²) in [4.78, 5) is 30.7. The molecule has 2 aliphatic rings. The Labute approximate surface area is 174 Å². The van der Waals surface area contributed by atoms with E-state index in [0.717, 1.165) is 24.2 Å². The fourth-order valence-corrected chi connectivity index (χ4v) is 3.50. The summed E-state index contributed by atoms with van der Waals surface area (Å²) in [5, 5.41) is 5.38. The summed E-state index contributed by atoms with van der Waals surface area (Å²) in [5.74, 6) is 0.0488. The van der Waals surface area contributed by atoms with Crippen molar-refractivity contribution >= 4 is 11.8 Å². The minimum absolute atomic E-state index is 0.113.